The highest BCUT2D eigenvalue weighted by Crippen LogP contribution is 2.29. The zero-order valence-electron chi connectivity index (χ0n) is 16.9. The van der Waals surface area contributed by atoms with E-state index in [1.165, 1.54) is 17.9 Å². The van der Waals surface area contributed by atoms with Crippen molar-refractivity contribution in [3.8, 4) is 11.3 Å². The predicted octanol–water partition coefficient (Wildman–Crippen LogP) is 1.69. The van der Waals surface area contributed by atoms with E-state index in [0.717, 1.165) is 23.9 Å². The number of aryl methyl sites for hydroxylation is 1. The molecule has 0 fully saturated rings. The number of halogens is 3. The fourth-order valence-electron chi connectivity index (χ4n) is 3.12. The Morgan fingerprint density at radius 3 is 2.44 bits per heavy atom. The Hall–Kier alpha value is -3.73. The summed E-state index contributed by atoms with van der Waals surface area (Å²) in [6, 6.07) is 9.76. The molecule has 4 N–H and O–H groups in total. The first-order valence-electron chi connectivity index (χ1n) is 9.45. The zero-order valence-corrected chi connectivity index (χ0v) is 16.9. The molecule has 3 aromatic rings. The number of primary amides is 1. The molecule has 8 nitrogen and oxygen atoms in total. The molecule has 0 aliphatic heterocycles. The number of nitrogens with two attached hydrogens (primary N) is 1. The highest BCUT2D eigenvalue weighted by atomic mass is 19.4. The van der Waals surface area contributed by atoms with E-state index < -0.39 is 35.8 Å². The molecular weight excluding hydrogens is 427 g/mol. The average molecular weight is 447 g/mol. The van der Waals surface area contributed by atoms with Crippen LogP contribution in [0, 0.1) is 0 Å². The fraction of sp³-hybridized carbons (Fsp3) is 0.238. The summed E-state index contributed by atoms with van der Waals surface area (Å²) in [4.78, 5) is 27.9. The van der Waals surface area contributed by atoms with Gasteiger partial charge in [-0.25, -0.2) is 0 Å². The van der Waals surface area contributed by atoms with Gasteiger partial charge in [-0.1, -0.05) is 30.3 Å². The number of pyridine rings is 1. The molecule has 32 heavy (non-hydrogen) atoms. The first-order chi connectivity index (χ1) is 15.1. The maximum Gasteiger partial charge on any atom is 0.433 e. The number of amides is 2. The third kappa shape index (κ3) is 5.30. The molecule has 2 amide bonds. The van der Waals surface area contributed by atoms with Crippen LogP contribution in [0.1, 0.15) is 21.6 Å². The summed E-state index contributed by atoms with van der Waals surface area (Å²) in [5.74, 6) is -1.70. The fourth-order valence-corrected chi connectivity index (χ4v) is 3.12. The molecule has 0 spiro atoms. The van der Waals surface area contributed by atoms with Gasteiger partial charge in [0.2, 0.25) is 5.91 Å². The maximum atomic E-state index is 13.0. The SMILES string of the molecule is Cn1cc(C(=O)NC(Cc2ccccc2)C(O)C(N)=O)c(-c2ccc(C(F)(F)F)nc2)n1. The van der Waals surface area contributed by atoms with Gasteiger partial charge in [-0.15, -0.1) is 0 Å². The first kappa shape index (κ1) is 22.9. The van der Waals surface area contributed by atoms with Gasteiger partial charge < -0.3 is 16.2 Å². The van der Waals surface area contributed by atoms with E-state index >= 15 is 0 Å². The lowest BCUT2D eigenvalue weighted by atomic mass is 10.00. The lowest BCUT2D eigenvalue weighted by Crippen LogP contribution is -2.50. The molecule has 11 heteroatoms. The number of hydrogen-bond acceptors (Lipinski definition) is 5. The number of carbonyl (C=O) groups excluding carboxylic acids is 2. The van der Waals surface area contributed by atoms with E-state index in [1.54, 1.807) is 30.3 Å². The van der Waals surface area contributed by atoms with Crippen molar-refractivity contribution in [2.75, 3.05) is 0 Å². The molecule has 1 aromatic carbocycles. The summed E-state index contributed by atoms with van der Waals surface area (Å²) in [6.45, 7) is 0. The lowest BCUT2D eigenvalue weighted by Gasteiger charge is -2.22. The number of aromatic nitrogens is 3. The van der Waals surface area contributed by atoms with Gasteiger partial charge in [-0.3, -0.25) is 19.3 Å². The van der Waals surface area contributed by atoms with Crippen molar-refractivity contribution in [3.05, 3.63) is 71.7 Å². The second-order valence-electron chi connectivity index (χ2n) is 7.11. The van der Waals surface area contributed by atoms with Crippen LogP contribution in [0.2, 0.25) is 0 Å². The van der Waals surface area contributed by atoms with Crippen LogP contribution in [-0.4, -0.2) is 43.8 Å². The molecule has 0 radical (unpaired) electrons. The summed E-state index contributed by atoms with van der Waals surface area (Å²) in [5, 5.41) is 16.9. The van der Waals surface area contributed by atoms with Gasteiger partial charge in [0.05, 0.1) is 11.6 Å². The Bertz CT molecular complexity index is 1100. The Morgan fingerprint density at radius 2 is 1.88 bits per heavy atom. The molecule has 0 bridgehead atoms. The predicted molar refractivity (Wildman–Crippen MR) is 108 cm³/mol. The Morgan fingerprint density at radius 1 is 1.19 bits per heavy atom. The van der Waals surface area contributed by atoms with E-state index in [1.807, 2.05) is 0 Å². The van der Waals surface area contributed by atoms with E-state index in [4.69, 9.17) is 5.73 Å². The van der Waals surface area contributed by atoms with Crippen LogP contribution in [0.4, 0.5) is 13.2 Å². The van der Waals surface area contributed by atoms with E-state index in [-0.39, 0.29) is 23.2 Å². The number of benzene rings is 1. The summed E-state index contributed by atoms with van der Waals surface area (Å²) in [5.41, 5.74) is 5.22. The van der Waals surface area contributed by atoms with Crippen LogP contribution in [0.3, 0.4) is 0 Å². The van der Waals surface area contributed by atoms with Gasteiger partial charge in [0.25, 0.3) is 5.91 Å². The Balaban J connectivity index is 1.88. The summed E-state index contributed by atoms with van der Waals surface area (Å²) in [7, 11) is 1.54. The Labute approximate surface area is 180 Å². The van der Waals surface area contributed by atoms with Gasteiger partial charge in [-0.2, -0.15) is 18.3 Å². The van der Waals surface area contributed by atoms with Gasteiger partial charge in [0, 0.05) is 25.0 Å². The summed E-state index contributed by atoms with van der Waals surface area (Å²) in [6.07, 6.45) is -3.79. The van der Waals surface area contributed by atoms with Crippen molar-refractivity contribution in [2.45, 2.75) is 24.7 Å². The molecule has 2 heterocycles. The number of nitrogens with zero attached hydrogens (tertiary/aromatic N) is 3. The van der Waals surface area contributed by atoms with E-state index in [0.29, 0.717) is 0 Å². The van der Waals surface area contributed by atoms with Crippen LogP contribution < -0.4 is 11.1 Å². The topological polar surface area (TPSA) is 123 Å². The highest BCUT2D eigenvalue weighted by molar-refractivity contribution is 6.00. The largest absolute Gasteiger partial charge is 0.433 e. The van der Waals surface area contributed by atoms with Crippen molar-refractivity contribution in [1.29, 1.82) is 0 Å². The zero-order chi connectivity index (χ0) is 23.5. The van der Waals surface area contributed by atoms with Crippen LogP contribution in [0.5, 0.6) is 0 Å². The third-order valence-electron chi connectivity index (χ3n) is 4.69. The number of rotatable bonds is 7. The number of hydrogen-bond donors (Lipinski definition) is 3. The maximum absolute atomic E-state index is 13.0. The second kappa shape index (κ2) is 9.18. The molecule has 0 saturated heterocycles. The summed E-state index contributed by atoms with van der Waals surface area (Å²) >= 11 is 0. The number of carbonyl (C=O) groups is 2. The van der Waals surface area contributed by atoms with Crippen molar-refractivity contribution in [3.63, 3.8) is 0 Å². The standard InChI is InChI=1S/C21H20F3N5O3/c1-29-11-14(17(28-29)13-7-8-16(26-10-13)21(22,23)24)20(32)27-15(18(30)19(25)31)9-12-5-3-2-4-6-12/h2-8,10-11,15,18,30H,9H2,1H3,(H2,25,31)(H,27,32). The molecule has 2 unspecified atom stereocenters. The normalized spacial score (nSPS) is 13.4. The van der Waals surface area contributed by atoms with Gasteiger partial charge in [0.15, 0.2) is 6.10 Å². The number of nitrogens with one attached hydrogen (secondary N) is 1. The number of aliphatic hydroxyl groups is 1. The second-order valence-corrected chi connectivity index (χ2v) is 7.11. The van der Waals surface area contributed by atoms with Crippen molar-refractivity contribution >= 4 is 11.8 Å². The van der Waals surface area contributed by atoms with Crippen LogP contribution >= 0.6 is 0 Å². The van der Waals surface area contributed by atoms with Crippen LogP contribution in [-0.2, 0) is 24.4 Å². The van der Waals surface area contributed by atoms with E-state index in [9.17, 15) is 27.9 Å². The lowest BCUT2D eigenvalue weighted by molar-refractivity contribution is -0.141. The van der Waals surface area contributed by atoms with Gasteiger partial charge >= 0.3 is 6.18 Å². The first-order valence-corrected chi connectivity index (χ1v) is 9.45. The summed E-state index contributed by atoms with van der Waals surface area (Å²) < 4.78 is 39.7. The minimum Gasteiger partial charge on any atom is -0.381 e. The molecule has 0 aliphatic rings. The van der Waals surface area contributed by atoms with E-state index in [2.05, 4.69) is 15.4 Å². The smallest absolute Gasteiger partial charge is 0.381 e. The van der Waals surface area contributed by atoms with Crippen molar-refractivity contribution < 1.29 is 27.9 Å². The Kier molecular flexibility index (Phi) is 6.58. The average Bonchev–Trinajstić information content (AvgIpc) is 3.14. The third-order valence-corrected chi connectivity index (χ3v) is 4.69. The van der Waals surface area contributed by atoms with Gasteiger partial charge in [0.1, 0.15) is 11.4 Å². The molecule has 0 aliphatic carbocycles. The molecule has 3 rings (SSSR count). The highest BCUT2D eigenvalue weighted by Gasteiger charge is 2.32. The minimum atomic E-state index is -4.60. The molecule has 2 atom stereocenters. The molecular formula is C21H20F3N5O3. The molecule has 2 aromatic heterocycles. The van der Waals surface area contributed by atoms with Crippen LogP contribution in [0.15, 0.2) is 54.9 Å². The number of aliphatic hydroxyl groups excluding tert-OH is 1. The monoisotopic (exact) mass is 447 g/mol. The van der Waals surface area contributed by atoms with Crippen LogP contribution in [0.25, 0.3) is 11.3 Å². The van der Waals surface area contributed by atoms with Gasteiger partial charge in [-0.05, 0) is 24.1 Å². The molecule has 0 saturated carbocycles. The van der Waals surface area contributed by atoms with Crippen molar-refractivity contribution in [1.82, 2.24) is 20.1 Å². The van der Waals surface area contributed by atoms with Crippen molar-refractivity contribution in [2.24, 2.45) is 12.8 Å². The molecule has 168 valence electrons. The number of alkyl halides is 3. The minimum absolute atomic E-state index is 0.0313. The quantitative estimate of drug-likeness (QED) is 0.509.